The molecule has 0 spiro atoms. The van der Waals surface area contributed by atoms with E-state index in [0.717, 1.165) is 30.5 Å². The Kier molecular flexibility index (Phi) is 5.77. The molecule has 0 heterocycles. The van der Waals surface area contributed by atoms with Gasteiger partial charge in [0, 0.05) is 5.33 Å². The number of ether oxygens (including phenoxy) is 1. The summed E-state index contributed by atoms with van der Waals surface area (Å²) in [7, 11) is 0. The van der Waals surface area contributed by atoms with Crippen LogP contribution in [0.5, 0.6) is 5.75 Å². The summed E-state index contributed by atoms with van der Waals surface area (Å²) in [5, 5.41) is 1.04. The predicted octanol–water partition coefficient (Wildman–Crippen LogP) is 4.05. The van der Waals surface area contributed by atoms with Crippen LogP contribution >= 0.6 is 15.9 Å². The SMILES string of the molecule is CCCOc1ccccc1CC(C)CBr. The van der Waals surface area contributed by atoms with Crippen molar-refractivity contribution in [2.75, 3.05) is 11.9 Å². The number of benzene rings is 1. The number of alkyl halides is 1. The molecule has 1 aromatic rings. The largest absolute Gasteiger partial charge is 0.493 e. The van der Waals surface area contributed by atoms with Crippen molar-refractivity contribution in [3.8, 4) is 5.75 Å². The van der Waals surface area contributed by atoms with E-state index in [0.29, 0.717) is 5.92 Å². The van der Waals surface area contributed by atoms with Gasteiger partial charge in [0.05, 0.1) is 6.61 Å². The second-order valence-electron chi connectivity index (χ2n) is 3.92. The lowest BCUT2D eigenvalue weighted by Gasteiger charge is -2.13. The number of hydrogen-bond donors (Lipinski definition) is 0. The van der Waals surface area contributed by atoms with Crippen LogP contribution < -0.4 is 4.74 Å². The molecule has 1 aromatic carbocycles. The third-order valence-corrected chi connectivity index (χ3v) is 3.37. The maximum absolute atomic E-state index is 5.72. The Morgan fingerprint density at radius 1 is 1.33 bits per heavy atom. The first kappa shape index (κ1) is 12.6. The van der Waals surface area contributed by atoms with Crippen molar-refractivity contribution in [1.82, 2.24) is 0 Å². The standard InChI is InChI=1S/C13H19BrO/c1-3-8-15-13-7-5-4-6-12(13)9-11(2)10-14/h4-7,11H,3,8-10H2,1-2H3. The van der Waals surface area contributed by atoms with Crippen LogP contribution in [0.4, 0.5) is 0 Å². The first-order valence-electron chi connectivity index (χ1n) is 5.54. The smallest absolute Gasteiger partial charge is 0.122 e. The summed E-state index contributed by atoms with van der Waals surface area (Å²) in [5.41, 5.74) is 1.32. The van der Waals surface area contributed by atoms with Crippen LogP contribution in [0.2, 0.25) is 0 Å². The number of halogens is 1. The fourth-order valence-electron chi connectivity index (χ4n) is 1.46. The Morgan fingerprint density at radius 3 is 2.73 bits per heavy atom. The van der Waals surface area contributed by atoms with Crippen LogP contribution in [-0.4, -0.2) is 11.9 Å². The molecule has 0 saturated heterocycles. The van der Waals surface area contributed by atoms with Crippen molar-refractivity contribution in [3.63, 3.8) is 0 Å². The van der Waals surface area contributed by atoms with E-state index in [2.05, 4.69) is 48.0 Å². The van der Waals surface area contributed by atoms with E-state index in [-0.39, 0.29) is 0 Å². The summed E-state index contributed by atoms with van der Waals surface area (Å²) >= 11 is 3.51. The van der Waals surface area contributed by atoms with Crippen molar-refractivity contribution in [3.05, 3.63) is 29.8 Å². The van der Waals surface area contributed by atoms with Gasteiger partial charge in [-0.25, -0.2) is 0 Å². The Bertz CT molecular complexity index is 286. The van der Waals surface area contributed by atoms with Gasteiger partial charge in [0.1, 0.15) is 5.75 Å². The molecular formula is C13H19BrO. The van der Waals surface area contributed by atoms with Gasteiger partial charge in [-0.3, -0.25) is 0 Å². The van der Waals surface area contributed by atoms with Crippen LogP contribution in [0.15, 0.2) is 24.3 Å². The molecule has 0 radical (unpaired) electrons. The zero-order chi connectivity index (χ0) is 11.1. The second-order valence-corrected chi connectivity index (χ2v) is 4.57. The fraction of sp³-hybridized carbons (Fsp3) is 0.538. The molecule has 0 aliphatic heterocycles. The minimum absolute atomic E-state index is 0.649. The molecule has 0 N–H and O–H groups in total. The zero-order valence-electron chi connectivity index (χ0n) is 9.50. The van der Waals surface area contributed by atoms with Gasteiger partial charge in [0.25, 0.3) is 0 Å². The molecule has 84 valence electrons. The highest BCUT2D eigenvalue weighted by Crippen LogP contribution is 2.22. The van der Waals surface area contributed by atoms with Gasteiger partial charge in [0.15, 0.2) is 0 Å². The van der Waals surface area contributed by atoms with E-state index in [4.69, 9.17) is 4.74 Å². The van der Waals surface area contributed by atoms with Crippen molar-refractivity contribution < 1.29 is 4.74 Å². The Labute approximate surface area is 101 Å². The van der Waals surface area contributed by atoms with Crippen LogP contribution in [-0.2, 0) is 6.42 Å². The van der Waals surface area contributed by atoms with Crippen LogP contribution in [0.1, 0.15) is 25.8 Å². The highest BCUT2D eigenvalue weighted by atomic mass is 79.9. The van der Waals surface area contributed by atoms with Gasteiger partial charge in [-0.2, -0.15) is 0 Å². The van der Waals surface area contributed by atoms with Gasteiger partial charge in [-0.1, -0.05) is 48.0 Å². The second kappa shape index (κ2) is 6.89. The average Bonchev–Trinajstić information content (AvgIpc) is 2.28. The van der Waals surface area contributed by atoms with Crippen LogP contribution in [0.25, 0.3) is 0 Å². The summed E-state index contributed by atoms with van der Waals surface area (Å²) in [6, 6.07) is 8.33. The van der Waals surface area contributed by atoms with Gasteiger partial charge in [-0.15, -0.1) is 0 Å². The molecule has 15 heavy (non-hydrogen) atoms. The molecule has 0 bridgehead atoms. The topological polar surface area (TPSA) is 9.23 Å². The van der Waals surface area contributed by atoms with Gasteiger partial charge in [0.2, 0.25) is 0 Å². The lowest BCUT2D eigenvalue weighted by atomic mass is 10.0. The van der Waals surface area contributed by atoms with E-state index in [9.17, 15) is 0 Å². The molecule has 0 amide bonds. The first-order valence-corrected chi connectivity index (χ1v) is 6.66. The molecule has 0 aliphatic rings. The summed E-state index contributed by atoms with van der Waals surface area (Å²) in [4.78, 5) is 0. The number of hydrogen-bond acceptors (Lipinski definition) is 1. The van der Waals surface area contributed by atoms with Crippen molar-refractivity contribution >= 4 is 15.9 Å². The van der Waals surface area contributed by atoms with E-state index in [1.54, 1.807) is 0 Å². The predicted molar refractivity (Wildman–Crippen MR) is 68.9 cm³/mol. The molecule has 1 nitrogen and oxygen atoms in total. The third-order valence-electron chi connectivity index (χ3n) is 2.27. The number of rotatable bonds is 6. The average molecular weight is 271 g/mol. The lowest BCUT2D eigenvalue weighted by Crippen LogP contribution is -2.04. The Hall–Kier alpha value is -0.500. The minimum atomic E-state index is 0.649. The van der Waals surface area contributed by atoms with Gasteiger partial charge in [-0.05, 0) is 30.4 Å². The van der Waals surface area contributed by atoms with Crippen molar-refractivity contribution in [1.29, 1.82) is 0 Å². The zero-order valence-corrected chi connectivity index (χ0v) is 11.1. The monoisotopic (exact) mass is 270 g/mol. The molecule has 2 heteroatoms. The Morgan fingerprint density at radius 2 is 2.07 bits per heavy atom. The molecule has 0 saturated carbocycles. The maximum atomic E-state index is 5.72. The molecule has 0 aliphatic carbocycles. The normalized spacial score (nSPS) is 12.5. The summed E-state index contributed by atoms with van der Waals surface area (Å²) in [5.74, 6) is 1.70. The van der Waals surface area contributed by atoms with Gasteiger partial charge >= 0.3 is 0 Å². The number of para-hydroxylation sites is 1. The highest BCUT2D eigenvalue weighted by Gasteiger charge is 2.06. The van der Waals surface area contributed by atoms with Gasteiger partial charge < -0.3 is 4.74 Å². The highest BCUT2D eigenvalue weighted by molar-refractivity contribution is 9.09. The fourth-order valence-corrected chi connectivity index (χ4v) is 1.68. The molecule has 1 unspecified atom stereocenters. The molecule has 0 fully saturated rings. The first-order chi connectivity index (χ1) is 7.27. The van der Waals surface area contributed by atoms with Crippen molar-refractivity contribution in [2.24, 2.45) is 5.92 Å². The lowest BCUT2D eigenvalue weighted by molar-refractivity contribution is 0.313. The van der Waals surface area contributed by atoms with Crippen molar-refractivity contribution in [2.45, 2.75) is 26.7 Å². The minimum Gasteiger partial charge on any atom is -0.493 e. The van der Waals surface area contributed by atoms with E-state index in [1.807, 2.05) is 6.07 Å². The van der Waals surface area contributed by atoms with E-state index >= 15 is 0 Å². The Balaban J connectivity index is 2.67. The maximum Gasteiger partial charge on any atom is 0.122 e. The summed E-state index contributed by atoms with van der Waals surface area (Å²) in [6.07, 6.45) is 2.13. The quantitative estimate of drug-likeness (QED) is 0.709. The van der Waals surface area contributed by atoms with E-state index in [1.165, 1.54) is 5.56 Å². The van der Waals surface area contributed by atoms with E-state index < -0.39 is 0 Å². The van der Waals surface area contributed by atoms with Crippen LogP contribution in [0.3, 0.4) is 0 Å². The summed E-state index contributed by atoms with van der Waals surface area (Å²) in [6.45, 7) is 5.18. The third kappa shape index (κ3) is 4.25. The molecule has 1 atom stereocenters. The molecule has 0 aromatic heterocycles. The van der Waals surface area contributed by atoms with Crippen LogP contribution in [0, 0.1) is 5.92 Å². The molecule has 1 rings (SSSR count). The summed E-state index contributed by atoms with van der Waals surface area (Å²) < 4.78 is 5.72. The molecular weight excluding hydrogens is 252 g/mol.